The van der Waals surface area contributed by atoms with Crippen molar-refractivity contribution in [2.24, 2.45) is 0 Å². The molecule has 1 aliphatic carbocycles. The monoisotopic (exact) mass is 765 g/mol. The molecule has 6 heteroatoms. The van der Waals surface area contributed by atoms with Gasteiger partial charge in [0.25, 0.3) is 0 Å². The Labute approximate surface area is 347 Å². The highest BCUT2D eigenvalue weighted by Crippen LogP contribution is 2.62. The minimum Gasteiger partial charge on any atom is -0.457 e. The van der Waals surface area contributed by atoms with Gasteiger partial charge < -0.3 is 4.74 Å². The smallest absolute Gasteiger partial charge is 0.164 e. The summed E-state index contributed by atoms with van der Waals surface area (Å²) in [6.07, 6.45) is 0. The van der Waals surface area contributed by atoms with E-state index in [1.807, 2.05) is 84.9 Å². The van der Waals surface area contributed by atoms with Crippen LogP contribution in [0, 0.1) is 22.7 Å². The Balaban J connectivity index is 1.12. The first kappa shape index (κ1) is 34.8. The van der Waals surface area contributed by atoms with Crippen molar-refractivity contribution in [2.45, 2.75) is 5.41 Å². The molecule has 11 rings (SSSR count). The van der Waals surface area contributed by atoms with Gasteiger partial charge in [0.2, 0.25) is 0 Å². The number of hydrogen-bond acceptors (Lipinski definition) is 6. The summed E-state index contributed by atoms with van der Waals surface area (Å²) in [7, 11) is 0. The first-order valence-electron chi connectivity index (χ1n) is 19.7. The summed E-state index contributed by atoms with van der Waals surface area (Å²) >= 11 is 0. The van der Waals surface area contributed by atoms with Crippen molar-refractivity contribution in [1.82, 2.24) is 15.0 Å². The number of para-hydroxylation sites is 2. The fraction of sp³-hybridized carbons (Fsp3) is 0.0185. The highest BCUT2D eigenvalue weighted by molar-refractivity contribution is 5.90. The van der Waals surface area contributed by atoms with Crippen LogP contribution in [-0.4, -0.2) is 15.0 Å². The SMILES string of the molecule is N#Cc1ccc(-c2cccc(-c3nc(-c4cccc(-c5ccc(C#N)cc5)c4)nc(-c4ccc5c(c4)C4(c6ccccc6Oc6ccccc64)c4ccccc4-5)n3)c2)cc1. The molecule has 0 unspecified atom stereocenters. The van der Waals surface area contributed by atoms with E-state index in [2.05, 4.69) is 115 Å². The molecule has 0 atom stereocenters. The fourth-order valence-corrected chi connectivity index (χ4v) is 8.91. The molecule has 8 aromatic carbocycles. The molecule has 0 N–H and O–H groups in total. The van der Waals surface area contributed by atoms with Gasteiger partial charge in [-0.1, -0.05) is 133 Å². The predicted molar refractivity (Wildman–Crippen MR) is 234 cm³/mol. The maximum absolute atomic E-state index is 9.40. The summed E-state index contributed by atoms with van der Waals surface area (Å²) in [5, 5.41) is 18.8. The zero-order valence-electron chi connectivity index (χ0n) is 32.0. The van der Waals surface area contributed by atoms with E-state index < -0.39 is 5.41 Å². The van der Waals surface area contributed by atoms with Crippen LogP contribution in [0.15, 0.2) is 188 Å². The summed E-state index contributed by atoms with van der Waals surface area (Å²) in [4.78, 5) is 15.6. The number of benzene rings is 8. The molecular formula is C54H31N5O. The summed E-state index contributed by atoms with van der Waals surface area (Å²) in [5.41, 5.74) is 13.9. The summed E-state index contributed by atoms with van der Waals surface area (Å²) in [6, 6.07) is 67.9. The van der Waals surface area contributed by atoms with Crippen LogP contribution in [0.5, 0.6) is 11.5 Å². The van der Waals surface area contributed by atoms with Gasteiger partial charge in [-0.05, 0) is 99.1 Å². The van der Waals surface area contributed by atoms with Crippen LogP contribution < -0.4 is 4.74 Å². The molecule has 0 bridgehead atoms. The van der Waals surface area contributed by atoms with Gasteiger partial charge >= 0.3 is 0 Å². The van der Waals surface area contributed by atoms with Crippen LogP contribution >= 0.6 is 0 Å². The fourth-order valence-electron chi connectivity index (χ4n) is 8.91. The molecule has 278 valence electrons. The standard InChI is InChI=1S/C54H31N5O/c55-32-34-19-23-36(24-20-34)38-9-7-11-40(29-38)51-57-52(41-12-8-10-39(30-41)37-25-21-35(33-56)22-26-37)59-53(58-51)42-27-28-44-43-13-1-2-14-45(43)54(48(44)31-42)46-15-3-5-17-49(46)60-50-18-6-4-16-47(50)54/h1-31H. The van der Waals surface area contributed by atoms with Gasteiger partial charge in [-0.3, -0.25) is 0 Å². The number of nitriles is 2. The largest absolute Gasteiger partial charge is 0.457 e. The molecule has 2 heterocycles. The first-order valence-corrected chi connectivity index (χ1v) is 19.7. The molecule has 0 radical (unpaired) electrons. The van der Waals surface area contributed by atoms with Gasteiger partial charge in [-0.15, -0.1) is 0 Å². The van der Waals surface area contributed by atoms with E-state index in [-0.39, 0.29) is 0 Å². The lowest BCUT2D eigenvalue weighted by atomic mass is 9.66. The molecule has 6 nitrogen and oxygen atoms in total. The van der Waals surface area contributed by atoms with E-state index in [1.165, 1.54) is 11.1 Å². The third-order valence-corrected chi connectivity index (χ3v) is 11.7. The molecule has 60 heavy (non-hydrogen) atoms. The van der Waals surface area contributed by atoms with Gasteiger partial charge in [0.15, 0.2) is 17.5 Å². The van der Waals surface area contributed by atoms with Crippen molar-refractivity contribution in [1.29, 1.82) is 10.5 Å². The van der Waals surface area contributed by atoms with Crippen molar-refractivity contribution < 1.29 is 4.74 Å². The Morgan fingerprint density at radius 3 is 1.28 bits per heavy atom. The van der Waals surface area contributed by atoms with E-state index in [0.29, 0.717) is 28.6 Å². The minimum absolute atomic E-state index is 0.537. The van der Waals surface area contributed by atoms with E-state index in [0.717, 1.165) is 72.7 Å². The molecule has 0 fully saturated rings. The number of rotatable bonds is 5. The number of fused-ring (bicyclic) bond motifs is 9. The Morgan fingerprint density at radius 1 is 0.350 bits per heavy atom. The number of aromatic nitrogens is 3. The van der Waals surface area contributed by atoms with E-state index in [1.54, 1.807) is 0 Å². The second kappa shape index (κ2) is 13.9. The third-order valence-electron chi connectivity index (χ3n) is 11.7. The quantitative estimate of drug-likeness (QED) is 0.173. The Morgan fingerprint density at radius 2 is 0.767 bits per heavy atom. The minimum atomic E-state index is -0.642. The van der Waals surface area contributed by atoms with Crippen molar-refractivity contribution >= 4 is 0 Å². The van der Waals surface area contributed by atoms with Gasteiger partial charge in [0.05, 0.1) is 28.7 Å². The highest BCUT2D eigenvalue weighted by Gasteiger charge is 2.51. The van der Waals surface area contributed by atoms with Crippen LogP contribution in [0.4, 0.5) is 0 Å². The number of nitrogens with zero attached hydrogens (tertiary/aromatic N) is 5. The van der Waals surface area contributed by atoms with Gasteiger partial charge in [-0.25, -0.2) is 15.0 Å². The molecule has 1 aromatic heterocycles. The maximum atomic E-state index is 9.40. The topological polar surface area (TPSA) is 95.5 Å². The Kier molecular flexibility index (Phi) is 8.05. The van der Waals surface area contributed by atoms with Crippen LogP contribution in [0.1, 0.15) is 33.4 Å². The highest BCUT2D eigenvalue weighted by atomic mass is 16.5. The average Bonchev–Trinajstić information content (AvgIpc) is 3.61. The molecule has 1 aliphatic heterocycles. The predicted octanol–water partition coefficient (Wildman–Crippen LogP) is 12.4. The van der Waals surface area contributed by atoms with Crippen molar-refractivity contribution in [3.8, 4) is 91.2 Å². The lowest BCUT2D eigenvalue weighted by Gasteiger charge is -2.39. The van der Waals surface area contributed by atoms with Crippen LogP contribution in [0.2, 0.25) is 0 Å². The van der Waals surface area contributed by atoms with Gasteiger partial charge in [0.1, 0.15) is 11.5 Å². The lowest BCUT2D eigenvalue weighted by molar-refractivity contribution is 0.436. The second-order valence-corrected chi connectivity index (χ2v) is 15.0. The van der Waals surface area contributed by atoms with Crippen molar-refractivity contribution in [2.75, 3.05) is 0 Å². The van der Waals surface area contributed by atoms with Crippen LogP contribution in [-0.2, 0) is 5.41 Å². The molecule has 0 saturated carbocycles. The molecule has 1 spiro atoms. The van der Waals surface area contributed by atoms with Crippen LogP contribution in [0.25, 0.3) is 67.5 Å². The summed E-state index contributed by atoms with van der Waals surface area (Å²) in [5.74, 6) is 3.28. The summed E-state index contributed by atoms with van der Waals surface area (Å²) in [6.45, 7) is 0. The molecule has 0 amide bonds. The number of ether oxygens (including phenoxy) is 1. The van der Waals surface area contributed by atoms with Gasteiger partial charge in [0, 0.05) is 27.8 Å². The van der Waals surface area contributed by atoms with Crippen molar-refractivity contribution in [3.05, 3.63) is 221 Å². The lowest BCUT2D eigenvalue weighted by Crippen LogP contribution is -2.32. The molecule has 2 aliphatic rings. The zero-order chi connectivity index (χ0) is 40.2. The van der Waals surface area contributed by atoms with E-state index >= 15 is 0 Å². The maximum Gasteiger partial charge on any atom is 0.164 e. The summed E-state index contributed by atoms with van der Waals surface area (Å²) < 4.78 is 6.58. The first-order chi connectivity index (χ1) is 29.6. The Hall–Kier alpha value is -8.45. The normalized spacial score (nSPS) is 12.6. The zero-order valence-corrected chi connectivity index (χ0v) is 32.0. The van der Waals surface area contributed by atoms with E-state index in [4.69, 9.17) is 19.7 Å². The second-order valence-electron chi connectivity index (χ2n) is 15.0. The Bertz CT molecular complexity index is 3100. The third kappa shape index (κ3) is 5.51. The molecule has 9 aromatic rings. The van der Waals surface area contributed by atoms with E-state index in [9.17, 15) is 10.5 Å². The molecule has 0 saturated heterocycles. The van der Waals surface area contributed by atoms with Crippen molar-refractivity contribution in [3.63, 3.8) is 0 Å². The number of hydrogen-bond donors (Lipinski definition) is 0. The van der Waals surface area contributed by atoms with Gasteiger partial charge in [-0.2, -0.15) is 10.5 Å². The average molecular weight is 766 g/mol. The van der Waals surface area contributed by atoms with Crippen LogP contribution in [0.3, 0.4) is 0 Å². The molecular weight excluding hydrogens is 735 g/mol.